The number of nitrogens with zero attached hydrogens (tertiary/aromatic N) is 3. The molecule has 0 radical (unpaired) electrons. The van der Waals surface area contributed by atoms with Crippen molar-refractivity contribution in [3.05, 3.63) is 47.8 Å². The molecule has 0 aliphatic carbocycles. The van der Waals surface area contributed by atoms with Crippen LogP contribution >= 0.6 is 0 Å². The fourth-order valence-electron chi connectivity index (χ4n) is 3.11. The van der Waals surface area contributed by atoms with Crippen LogP contribution in [0.5, 0.6) is 0 Å². The predicted octanol–water partition coefficient (Wildman–Crippen LogP) is 2.77. The molecule has 1 aliphatic rings. The highest BCUT2D eigenvalue weighted by atomic mass is 16.3. The number of hydrogen-bond donors (Lipinski definition) is 1. The standard InChI is InChI=1S/C19H25N3O2/c1-19(2,3)17-16(18(24)21-11-7-10-15(23)12-21)13-22(20-17)14-8-5-4-6-9-14/h4-6,8-9,13,15,23H,7,10-12H2,1-3H3. The Labute approximate surface area is 142 Å². The van der Waals surface area contributed by atoms with Crippen LogP contribution in [0.25, 0.3) is 5.69 Å². The van der Waals surface area contributed by atoms with Gasteiger partial charge in [-0.2, -0.15) is 5.10 Å². The molecule has 2 aromatic rings. The summed E-state index contributed by atoms with van der Waals surface area (Å²) in [5.74, 6) is -0.0409. The first-order valence-corrected chi connectivity index (χ1v) is 8.49. The number of aliphatic hydroxyl groups excluding tert-OH is 1. The molecule has 1 unspecified atom stereocenters. The lowest BCUT2D eigenvalue weighted by Crippen LogP contribution is -2.42. The molecule has 0 bridgehead atoms. The van der Waals surface area contributed by atoms with E-state index in [-0.39, 0.29) is 11.3 Å². The van der Waals surface area contributed by atoms with Gasteiger partial charge in [0.1, 0.15) is 0 Å². The van der Waals surface area contributed by atoms with Crippen molar-refractivity contribution in [2.45, 2.75) is 45.1 Å². The number of amides is 1. The van der Waals surface area contributed by atoms with Gasteiger partial charge in [0.2, 0.25) is 0 Å². The number of benzene rings is 1. The van der Waals surface area contributed by atoms with Gasteiger partial charge in [0, 0.05) is 24.7 Å². The number of aromatic nitrogens is 2. The summed E-state index contributed by atoms with van der Waals surface area (Å²) < 4.78 is 1.77. The quantitative estimate of drug-likeness (QED) is 0.923. The van der Waals surface area contributed by atoms with Crippen molar-refractivity contribution in [2.24, 2.45) is 0 Å². The molecule has 1 saturated heterocycles. The number of para-hydroxylation sites is 1. The van der Waals surface area contributed by atoms with Gasteiger partial charge in [-0.05, 0) is 25.0 Å². The number of likely N-dealkylation sites (tertiary alicyclic amines) is 1. The molecule has 1 amide bonds. The van der Waals surface area contributed by atoms with E-state index in [1.165, 1.54) is 0 Å². The Morgan fingerprint density at radius 1 is 1.25 bits per heavy atom. The highest BCUT2D eigenvalue weighted by Gasteiger charge is 2.31. The van der Waals surface area contributed by atoms with Gasteiger partial charge in [-0.25, -0.2) is 4.68 Å². The third-order valence-corrected chi connectivity index (χ3v) is 4.36. The summed E-state index contributed by atoms with van der Waals surface area (Å²) in [5, 5.41) is 14.6. The minimum atomic E-state index is -0.426. The third-order valence-electron chi connectivity index (χ3n) is 4.36. The number of hydrogen-bond acceptors (Lipinski definition) is 3. The molecule has 5 heteroatoms. The molecule has 1 aromatic carbocycles. The van der Waals surface area contributed by atoms with Gasteiger partial charge >= 0.3 is 0 Å². The minimum absolute atomic E-state index is 0.0409. The van der Waals surface area contributed by atoms with E-state index in [2.05, 4.69) is 20.8 Å². The van der Waals surface area contributed by atoms with Gasteiger partial charge in [-0.3, -0.25) is 4.79 Å². The van der Waals surface area contributed by atoms with Gasteiger partial charge in [-0.15, -0.1) is 0 Å². The maximum absolute atomic E-state index is 13.0. The molecule has 0 saturated carbocycles. The normalized spacial score (nSPS) is 18.7. The Hall–Kier alpha value is -2.14. The maximum Gasteiger partial charge on any atom is 0.257 e. The lowest BCUT2D eigenvalue weighted by molar-refractivity contribution is 0.0472. The Morgan fingerprint density at radius 3 is 2.58 bits per heavy atom. The Balaban J connectivity index is 1.99. The molecule has 1 atom stereocenters. The Morgan fingerprint density at radius 2 is 1.96 bits per heavy atom. The van der Waals surface area contributed by atoms with Crippen LogP contribution in [0.3, 0.4) is 0 Å². The van der Waals surface area contributed by atoms with Crippen LogP contribution in [0.4, 0.5) is 0 Å². The van der Waals surface area contributed by atoms with Crippen molar-refractivity contribution in [1.82, 2.24) is 14.7 Å². The van der Waals surface area contributed by atoms with Crippen molar-refractivity contribution in [3.63, 3.8) is 0 Å². The van der Waals surface area contributed by atoms with E-state index >= 15 is 0 Å². The third kappa shape index (κ3) is 3.36. The lowest BCUT2D eigenvalue weighted by Gasteiger charge is -2.30. The summed E-state index contributed by atoms with van der Waals surface area (Å²) in [7, 11) is 0. The zero-order valence-corrected chi connectivity index (χ0v) is 14.6. The smallest absolute Gasteiger partial charge is 0.257 e. The molecule has 1 aliphatic heterocycles. The topological polar surface area (TPSA) is 58.4 Å². The summed E-state index contributed by atoms with van der Waals surface area (Å²) in [6.45, 7) is 7.28. The first kappa shape index (κ1) is 16.7. The van der Waals surface area contributed by atoms with Crippen LogP contribution in [-0.4, -0.2) is 44.9 Å². The van der Waals surface area contributed by atoms with Crippen molar-refractivity contribution < 1.29 is 9.90 Å². The molecule has 5 nitrogen and oxygen atoms in total. The lowest BCUT2D eigenvalue weighted by atomic mass is 9.89. The summed E-state index contributed by atoms with van der Waals surface area (Å²) in [5.41, 5.74) is 2.11. The average Bonchev–Trinajstić information content (AvgIpc) is 3.00. The summed E-state index contributed by atoms with van der Waals surface area (Å²) in [4.78, 5) is 14.8. The zero-order chi connectivity index (χ0) is 17.3. The van der Waals surface area contributed by atoms with E-state index in [9.17, 15) is 9.90 Å². The Bertz CT molecular complexity index is 716. The number of β-amino-alcohol motifs (C(OH)–C–C–N with tert-alkyl or cyclic N) is 1. The highest BCUT2D eigenvalue weighted by molar-refractivity contribution is 5.95. The minimum Gasteiger partial charge on any atom is -0.391 e. The second kappa shape index (κ2) is 6.40. The molecule has 24 heavy (non-hydrogen) atoms. The first-order chi connectivity index (χ1) is 11.4. The van der Waals surface area contributed by atoms with Crippen molar-refractivity contribution in [1.29, 1.82) is 0 Å². The Kier molecular flexibility index (Phi) is 4.45. The molecular weight excluding hydrogens is 302 g/mol. The second-order valence-electron chi connectivity index (χ2n) is 7.47. The summed E-state index contributed by atoms with van der Waals surface area (Å²) >= 11 is 0. The van der Waals surface area contributed by atoms with Crippen LogP contribution < -0.4 is 0 Å². The van der Waals surface area contributed by atoms with Crippen LogP contribution in [0, 0.1) is 0 Å². The van der Waals surface area contributed by atoms with Crippen molar-refractivity contribution in [2.75, 3.05) is 13.1 Å². The van der Waals surface area contributed by atoms with Gasteiger partial charge in [0.25, 0.3) is 5.91 Å². The van der Waals surface area contributed by atoms with Crippen LogP contribution in [-0.2, 0) is 5.41 Å². The van der Waals surface area contributed by atoms with Crippen molar-refractivity contribution in [3.8, 4) is 5.69 Å². The highest BCUT2D eigenvalue weighted by Crippen LogP contribution is 2.27. The SMILES string of the molecule is CC(C)(C)c1nn(-c2ccccc2)cc1C(=O)N1CCCC(O)C1. The predicted molar refractivity (Wildman–Crippen MR) is 93.4 cm³/mol. The molecule has 1 aromatic heterocycles. The van der Waals surface area contributed by atoms with Gasteiger partial charge in [0.15, 0.2) is 0 Å². The molecule has 3 rings (SSSR count). The number of rotatable bonds is 2. The molecule has 128 valence electrons. The monoisotopic (exact) mass is 327 g/mol. The number of carbonyl (C=O) groups is 1. The number of piperidine rings is 1. The molecule has 1 fully saturated rings. The van der Waals surface area contributed by atoms with Gasteiger partial charge in [0.05, 0.1) is 23.0 Å². The summed E-state index contributed by atoms with van der Waals surface area (Å²) in [6, 6.07) is 9.81. The molecule has 0 spiro atoms. The zero-order valence-electron chi connectivity index (χ0n) is 14.6. The van der Waals surface area contributed by atoms with E-state index < -0.39 is 6.10 Å². The van der Waals surface area contributed by atoms with E-state index in [1.54, 1.807) is 9.58 Å². The number of carbonyl (C=O) groups excluding carboxylic acids is 1. The molecular formula is C19H25N3O2. The summed E-state index contributed by atoms with van der Waals surface area (Å²) in [6.07, 6.45) is 2.99. The molecule has 1 N–H and O–H groups in total. The van der Waals surface area contributed by atoms with Crippen LogP contribution in [0.1, 0.15) is 49.7 Å². The van der Waals surface area contributed by atoms with Gasteiger partial charge in [-0.1, -0.05) is 39.0 Å². The fourth-order valence-corrected chi connectivity index (χ4v) is 3.11. The van der Waals surface area contributed by atoms with E-state index in [0.29, 0.717) is 18.7 Å². The van der Waals surface area contributed by atoms with Crippen molar-refractivity contribution >= 4 is 5.91 Å². The van der Waals surface area contributed by atoms with E-state index in [4.69, 9.17) is 5.10 Å². The largest absolute Gasteiger partial charge is 0.391 e. The molecule has 2 heterocycles. The second-order valence-corrected chi connectivity index (χ2v) is 7.47. The average molecular weight is 327 g/mol. The first-order valence-electron chi connectivity index (χ1n) is 8.49. The fraction of sp³-hybridized carbons (Fsp3) is 0.474. The van der Waals surface area contributed by atoms with E-state index in [1.807, 2.05) is 36.5 Å². The van der Waals surface area contributed by atoms with Crippen LogP contribution in [0.2, 0.25) is 0 Å². The van der Waals surface area contributed by atoms with Gasteiger partial charge < -0.3 is 10.0 Å². The van der Waals surface area contributed by atoms with Crippen LogP contribution in [0.15, 0.2) is 36.5 Å². The number of aliphatic hydroxyl groups is 1. The van der Waals surface area contributed by atoms with E-state index in [0.717, 1.165) is 24.2 Å². The maximum atomic E-state index is 13.0.